The number of aromatic nitrogens is 4. The molecule has 0 aliphatic carbocycles. The zero-order chi connectivity index (χ0) is 22.8. The molecule has 0 fully saturated rings. The van der Waals surface area contributed by atoms with E-state index in [9.17, 15) is 34.8 Å². The Bertz CT molecular complexity index is 786. The van der Waals surface area contributed by atoms with Gasteiger partial charge in [0.05, 0.1) is 12.7 Å². The highest BCUT2D eigenvalue weighted by Gasteiger charge is 2.41. The number of imidazole rings is 2. The quantitative estimate of drug-likeness (QED) is 0.441. The molecule has 2 rings (SSSR count). The molecule has 0 aliphatic rings. The highest BCUT2D eigenvalue weighted by atomic mass is 32.2. The average molecular weight is 462 g/mol. The molecule has 2 unspecified atom stereocenters. The fourth-order valence-electron chi connectivity index (χ4n) is 0.652. The van der Waals surface area contributed by atoms with Crippen LogP contribution in [0.5, 0.6) is 0 Å². The van der Waals surface area contributed by atoms with Crippen LogP contribution >= 0.6 is 0 Å². The third-order valence-electron chi connectivity index (χ3n) is 1.90. The fraction of sp³-hybridized carbons (Fsp3) is 0.400. The van der Waals surface area contributed by atoms with Crippen LogP contribution in [0, 0.1) is 9.56 Å². The van der Waals surface area contributed by atoms with Gasteiger partial charge in [-0.1, -0.05) is 0 Å². The third kappa shape index (κ3) is 13.9. The van der Waals surface area contributed by atoms with Crippen molar-refractivity contribution in [1.29, 1.82) is 9.56 Å². The molecule has 0 saturated carbocycles. The molecule has 18 heteroatoms. The van der Waals surface area contributed by atoms with Gasteiger partial charge in [0, 0.05) is 38.9 Å². The normalized spacial score (nSPS) is 15.2. The van der Waals surface area contributed by atoms with E-state index >= 15 is 0 Å². The van der Waals surface area contributed by atoms with Gasteiger partial charge in [-0.2, -0.15) is 26.3 Å². The van der Waals surface area contributed by atoms with Gasteiger partial charge in [0.15, 0.2) is 0 Å². The molecular formula is C10H16F6N6O4S2. The Hall–Kier alpha value is -2.18. The first-order valence-electron chi connectivity index (χ1n) is 6.28. The largest absolute Gasteiger partial charge is 0.503 e. The van der Waals surface area contributed by atoms with Crippen LogP contribution in [0.1, 0.15) is 0 Å². The van der Waals surface area contributed by atoms with E-state index in [-0.39, 0.29) is 0 Å². The first kappa shape index (κ1) is 28.0. The minimum absolute atomic E-state index is 1.75. The highest BCUT2D eigenvalue weighted by molar-refractivity contribution is 7.88. The van der Waals surface area contributed by atoms with Crippen LogP contribution in [-0.4, -0.2) is 47.6 Å². The lowest BCUT2D eigenvalue weighted by Crippen LogP contribution is -2.20. The topological polar surface area (TPSA) is 158 Å². The Morgan fingerprint density at radius 3 is 1.04 bits per heavy atom. The monoisotopic (exact) mass is 462 g/mol. The van der Waals surface area contributed by atoms with Gasteiger partial charge >= 0.3 is 11.0 Å². The summed E-state index contributed by atoms with van der Waals surface area (Å²) in [5.41, 5.74) is -10.6. The predicted molar refractivity (Wildman–Crippen MR) is 85.5 cm³/mol. The SMILES string of the molecule is Cn1ccnc1.Cn1ccnc1.N=S(=O)(O)C(F)(F)F.N=S(=O)(O)C(F)(F)F. The number of halogens is 6. The van der Waals surface area contributed by atoms with Gasteiger partial charge in [-0.3, -0.25) is 9.11 Å². The molecule has 2 heterocycles. The van der Waals surface area contributed by atoms with Gasteiger partial charge in [-0.15, -0.1) is 0 Å². The van der Waals surface area contributed by atoms with E-state index in [1.54, 1.807) is 25.0 Å². The van der Waals surface area contributed by atoms with Crippen molar-refractivity contribution in [2.75, 3.05) is 0 Å². The smallest absolute Gasteiger partial charge is 0.341 e. The summed E-state index contributed by atoms with van der Waals surface area (Å²) in [6, 6.07) is 0. The molecule has 10 nitrogen and oxygen atoms in total. The zero-order valence-electron chi connectivity index (χ0n) is 14.0. The second kappa shape index (κ2) is 11.0. The lowest BCUT2D eigenvalue weighted by atomic mass is 10.9. The molecule has 0 aromatic carbocycles. The molecule has 2 aromatic heterocycles. The summed E-state index contributed by atoms with van der Waals surface area (Å²) in [4.78, 5) is 7.57. The van der Waals surface area contributed by atoms with Gasteiger partial charge < -0.3 is 9.13 Å². The molecule has 4 N–H and O–H groups in total. The van der Waals surface area contributed by atoms with E-state index in [1.807, 2.05) is 35.6 Å². The second-order valence-electron chi connectivity index (χ2n) is 4.40. The number of nitrogens with zero attached hydrogens (tertiary/aromatic N) is 4. The van der Waals surface area contributed by atoms with Crippen molar-refractivity contribution in [2.45, 2.75) is 11.0 Å². The zero-order valence-corrected chi connectivity index (χ0v) is 15.7. The van der Waals surface area contributed by atoms with Crippen LogP contribution in [0.2, 0.25) is 0 Å². The Kier molecular flexibility index (Phi) is 11.0. The Morgan fingerprint density at radius 2 is 1.00 bits per heavy atom. The minimum Gasteiger partial charge on any atom is -0.341 e. The maximum Gasteiger partial charge on any atom is 0.503 e. The van der Waals surface area contributed by atoms with Crippen molar-refractivity contribution < 1.29 is 43.9 Å². The van der Waals surface area contributed by atoms with Crippen LogP contribution in [-0.2, 0) is 34.1 Å². The Morgan fingerprint density at radius 1 is 0.786 bits per heavy atom. The number of hydrogen-bond acceptors (Lipinski definition) is 6. The molecule has 2 aromatic rings. The number of aryl methyl sites for hydroxylation is 2. The van der Waals surface area contributed by atoms with E-state index in [2.05, 4.69) is 9.97 Å². The van der Waals surface area contributed by atoms with Crippen LogP contribution < -0.4 is 0 Å². The fourth-order valence-corrected chi connectivity index (χ4v) is 0.652. The molecular weight excluding hydrogens is 446 g/mol. The summed E-state index contributed by atoms with van der Waals surface area (Å²) in [6.07, 6.45) is 10.8. The van der Waals surface area contributed by atoms with E-state index in [0.29, 0.717) is 0 Å². The minimum atomic E-state index is -5.34. The van der Waals surface area contributed by atoms with Crippen LogP contribution in [0.15, 0.2) is 37.4 Å². The lowest BCUT2D eigenvalue weighted by molar-refractivity contribution is -0.0479. The standard InChI is InChI=1S/2C4H6N2.2CH2F3NO2S/c2*1-6-3-2-5-4-6;2*2-1(3,4)8(5,6)7/h2*2-4H,1H3;2*(H2,5,6,7). The number of hydrogen-bond donors (Lipinski definition) is 4. The van der Waals surface area contributed by atoms with E-state index in [0.717, 1.165) is 0 Å². The van der Waals surface area contributed by atoms with Gasteiger partial charge in [0.2, 0.25) is 0 Å². The summed E-state index contributed by atoms with van der Waals surface area (Å²) in [5, 5.41) is 0. The first-order valence-corrected chi connectivity index (χ1v) is 9.31. The van der Waals surface area contributed by atoms with E-state index in [4.69, 9.17) is 18.7 Å². The second-order valence-corrected chi connectivity index (χ2v) is 7.43. The van der Waals surface area contributed by atoms with Gasteiger partial charge in [0.25, 0.3) is 20.0 Å². The number of alkyl halides is 6. The summed E-state index contributed by atoms with van der Waals surface area (Å²) in [5.74, 6) is 0. The van der Waals surface area contributed by atoms with Gasteiger partial charge in [0.1, 0.15) is 0 Å². The summed E-state index contributed by atoms with van der Waals surface area (Å²) in [6.45, 7) is 0. The van der Waals surface area contributed by atoms with Crippen molar-refractivity contribution in [3.63, 3.8) is 0 Å². The Labute approximate surface area is 155 Å². The van der Waals surface area contributed by atoms with Crippen LogP contribution in [0.25, 0.3) is 0 Å². The molecule has 0 bridgehead atoms. The molecule has 0 aliphatic heterocycles. The van der Waals surface area contributed by atoms with Crippen molar-refractivity contribution in [3.05, 3.63) is 37.4 Å². The summed E-state index contributed by atoms with van der Waals surface area (Å²) >= 11 is 0. The lowest BCUT2D eigenvalue weighted by Gasteiger charge is -2.01. The van der Waals surface area contributed by atoms with Crippen molar-refractivity contribution >= 4 is 20.0 Å². The van der Waals surface area contributed by atoms with Gasteiger partial charge in [-0.05, 0) is 0 Å². The first-order chi connectivity index (χ1) is 12.3. The van der Waals surface area contributed by atoms with Crippen molar-refractivity contribution in [2.24, 2.45) is 14.1 Å². The highest BCUT2D eigenvalue weighted by Crippen LogP contribution is 2.21. The number of nitrogens with one attached hydrogen (secondary N) is 2. The van der Waals surface area contributed by atoms with Crippen LogP contribution in [0.3, 0.4) is 0 Å². The Balaban J connectivity index is 0. The maximum absolute atomic E-state index is 10.8. The predicted octanol–water partition coefficient (Wildman–Crippen LogP) is 2.89. The molecule has 0 spiro atoms. The summed E-state index contributed by atoms with van der Waals surface area (Å²) in [7, 11) is -6.81. The molecule has 2 atom stereocenters. The maximum atomic E-state index is 10.8. The molecule has 0 radical (unpaired) electrons. The van der Waals surface area contributed by atoms with E-state index < -0.39 is 31.0 Å². The third-order valence-corrected chi connectivity index (χ3v) is 3.16. The van der Waals surface area contributed by atoms with Crippen molar-refractivity contribution in [3.8, 4) is 0 Å². The average Bonchev–Trinajstić information content (AvgIpc) is 3.10. The molecule has 0 amide bonds. The van der Waals surface area contributed by atoms with Crippen molar-refractivity contribution in [1.82, 2.24) is 19.1 Å². The molecule has 164 valence electrons. The van der Waals surface area contributed by atoms with Crippen LogP contribution in [0.4, 0.5) is 26.3 Å². The summed E-state index contributed by atoms with van der Waals surface area (Å²) < 4.78 is 113. The number of rotatable bonds is 0. The van der Waals surface area contributed by atoms with Gasteiger partial charge in [-0.25, -0.2) is 27.9 Å². The molecule has 28 heavy (non-hydrogen) atoms. The van der Waals surface area contributed by atoms with E-state index in [1.165, 1.54) is 0 Å². The molecule has 0 saturated heterocycles.